The molecule has 0 bridgehead atoms. The quantitative estimate of drug-likeness (QED) is 0.819. The zero-order valence-corrected chi connectivity index (χ0v) is 10.4. The van der Waals surface area contributed by atoms with E-state index in [0.717, 1.165) is 16.9 Å². The van der Waals surface area contributed by atoms with Crippen LogP contribution in [0.15, 0.2) is 18.2 Å². The van der Waals surface area contributed by atoms with E-state index >= 15 is 0 Å². The summed E-state index contributed by atoms with van der Waals surface area (Å²) < 4.78 is 0. The number of nitrogens with zero attached hydrogens (tertiary/aromatic N) is 1. The van der Waals surface area contributed by atoms with Crippen molar-refractivity contribution in [2.45, 2.75) is 32.9 Å². The number of hydrogen-bond donors (Lipinski definition) is 2. The first-order valence-corrected chi connectivity index (χ1v) is 5.84. The van der Waals surface area contributed by atoms with E-state index in [-0.39, 0.29) is 12.5 Å². The molecule has 1 aromatic carbocycles. The molecule has 0 radical (unpaired) electrons. The van der Waals surface area contributed by atoms with Crippen molar-refractivity contribution in [1.29, 1.82) is 0 Å². The number of para-hydroxylation sites is 1. The highest BCUT2D eigenvalue weighted by atomic mass is 16.3. The van der Waals surface area contributed by atoms with Crippen LogP contribution in [0.3, 0.4) is 0 Å². The molecule has 17 heavy (non-hydrogen) atoms. The van der Waals surface area contributed by atoms with E-state index in [4.69, 9.17) is 0 Å². The van der Waals surface area contributed by atoms with Crippen molar-refractivity contribution in [2.75, 3.05) is 16.8 Å². The summed E-state index contributed by atoms with van der Waals surface area (Å²) in [6.45, 7) is 6.22. The van der Waals surface area contributed by atoms with E-state index in [2.05, 4.69) is 5.32 Å². The second kappa shape index (κ2) is 4.04. The van der Waals surface area contributed by atoms with Gasteiger partial charge in [0.2, 0.25) is 0 Å². The lowest BCUT2D eigenvalue weighted by atomic mass is 9.96. The number of hydrogen-bond acceptors (Lipinski definition) is 3. The van der Waals surface area contributed by atoms with Gasteiger partial charge in [0, 0.05) is 12.1 Å². The summed E-state index contributed by atoms with van der Waals surface area (Å²) in [6.07, 6.45) is 0. The van der Waals surface area contributed by atoms with E-state index in [9.17, 15) is 9.90 Å². The van der Waals surface area contributed by atoms with Crippen LogP contribution < -0.4 is 10.2 Å². The number of benzene rings is 1. The van der Waals surface area contributed by atoms with Crippen LogP contribution in [-0.4, -0.2) is 23.1 Å². The third-order valence-electron chi connectivity index (χ3n) is 3.10. The molecule has 0 fully saturated rings. The Bertz CT molecular complexity index is 455. The first-order chi connectivity index (χ1) is 8.01. The Kier molecular flexibility index (Phi) is 2.83. The highest BCUT2D eigenvalue weighted by Crippen LogP contribution is 2.37. The molecule has 1 amide bonds. The fraction of sp³-hybridized carbons (Fsp3) is 0.462. The number of amides is 1. The van der Waals surface area contributed by atoms with Crippen LogP contribution in [0.25, 0.3) is 0 Å². The maximum absolute atomic E-state index is 12.3. The van der Waals surface area contributed by atoms with Gasteiger partial charge in [-0.2, -0.15) is 0 Å². The summed E-state index contributed by atoms with van der Waals surface area (Å²) >= 11 is 0. The Balaban J connectivity index is 2.60. The van der Waals surface area contributed by atoms with Crippen LogP contribution in [0.4, 0.5) is 11.4 Å². The van der Waals surface area contributed by atoms with Gasteiger partial charge in [-0.1, -0.05) is 12.1 Å². The fourth-order valence-corrected chi connectivity index (χ4v) is 2.27. The number of fused-ring (bicyclic) bond motifs is 1. The number of nitrogens with one attached hydrogen (secondary N) is 1. The van der Waals surface area contributed by atoms with Gasteiger partial charge < -0.3 is 15.3 Å². The van der Waals surface area contributed by atoms with Crippen molar-refractivity contribution >= 4 is 17.3 Å². The lowest BCUT2D eigenvalue weighted by molar-refractivity contribution is -0.122. The maximum atomic E-state index is 12.3. The van der Waals surface area contributed by atoms with Crippen molar-refractivity contribution in [3.8, 4) is 0 Å². The van der Waals surface area contributed by atoms with Gasteiger partial charge in [-0.05, 0) is 26.8 Å². The Morgan fingerprint density at radius 3 is 2.71 bits per heavy atom. The minimum atomic E-state index is -0.600. The third kappa shape index (κ3) is 1.78. The van der Waals surface area contributed by atoms with Crippen LogP contribution >= 0.6 is 0 Å². The first-order valence-electron chi connectivity index (χ1n) is 5.84. The molecule has 0 aliphatic carbocycles. The predicted molar refractivity (Wildman–Crippen MR) is 68.1 cm³/mol. The third-order valence-corrected chi connectivity index (χ3v) is 3.10. The largest absolute Gasteiger partial charge is 0.392 e. The number of aliphatic hydroxyl groups is 1. The molecule has 0 saturated heterocycles. The monoisotopic (exact) mass is 234 g/mol. The van der Waals surface area contributed by atoms with Crippen molar-refractivity contribution in [3.05, 3.63) is 23.8 Å². The number of aliphatic hydroxyl groups excluding tert-OH is 1. The van der Waals surface area contributed by atoms with Crippen molar-refractivity contribution in [1.82, 2.24) is 0 Å². The average molecular weight is 234 g/mol. The molecule has 0 atom stereocenters. The molecule has 92 valence electrons. The van der Waals surface area contributed by atoms with Crippen LogP contribution in [-0.2, 0) is 11.4 Å². The molecule has 0 spiro atoms. The van der Waals surface area contributed by atoms with E-state index < -0.39 is 5.54 Å². The second-order valence-corrected chi connectivity index (χ2v) is 4.77. The van der Waals surface area contributed by atoms with Crippen LogP contribution in [0.5, 0.6) is 0 Å². The molecule has 2 N–H and O–H groups in total. The van der Waals surface area contributed by atoms with Crippen LogP contribution in [0.2, 0.25) is 0 Å². The summed E-state index contributed by atoms with van der Waals surface area (Å²) in [6, 6.07) is 5.66. The number of carbonyl (C=O) groups is 1. The Morgan fingerprint density at radius 2 is 2.12 bits per heavy atom. The SMILES string of the molecule is CCN1C(=O)C(C)(C)Nc2cccc(CO)c21. The van der Waals surface area contributed by atoms with Crippen molar-refractivity contribution < 1.29 is 9.90 Å². The summed E-state index contributed by atoms with van der Waals surface area (Å²) in [7, 11) is 0. The van der Waals surface area contributed by atoms with E-state index in [1.165, 1.54) is 0 Å². The van der Waals surface area contributed by atoms with Gasteiger partial charge in [-0.25, -0.2) is 0 Å². The number of rotatable bonds is 2. The second-order valence-electron chi connectivity index (χ2n) is 4.77. The van der Waals surface area contributed by atoms with Gasteiger partial charge in [0.25, 0.3) is 5.91 Å². The molecule has 4 heteroatoms. The molecule has 2 rings (SSSR count). The van der Waals surface area contributed by atoms with E-state index in [1.54, 1.807) is 4.90 Å². The minimum absolute atomic E-state index is 0.0356. The Labute approximate surface area is 101 Å². The molecule has 0 aromatic heterocycles. The van der Waals surface area contributed by atoms with Gasteiger partial charge in [0.15, 0.2) is 0 Å². The lowest BCUT2D eigenvalue weighted by Crippen LogP contribution is -2.54. The molecule has 0 unspecified atom stereocenters. The number of anilines is 2. The molecule has 1 aliphatic rings. The smallest absolute Gasteiger partial charge is 0.252 e. The average Bonchev–Trinajstić information content (AvgIpc) is 2.30. The lowest BCUT2D eigenvalue weighted by Gasteiger charge is -2.40. The maximum Gasteiger partial charge on any atom is 0.252 e. The highest BCUT2D eigenvalue weighted by Gasteiger charge is 2.38. The van der Waals surface area contributed by atoms with Gasteiger partial charge >= 0.3 is 0 Å². The van der Waals surface area contributed by atoms with Crippen molar-refractivity contribution in [3.63, 3.8) is 0 Å². The minimum Gasteiger partial charge on any atom is -0.392 e. The summed E-state index contributed by atoms with van der Waals surface area (Å²) in [5.41, 5.74) is 1.89. The van der Waals surface area contributed by atoms with Gasteiger partial charge in [0.05, 0.1) is 18.0 Å². The van der Waals surface area contributed by atoms with E-state index in [1.807, 2.05) is 39.0 Å². The highest BCUT2D eigenvalue weighted by molar-refractivity contribution is 6.08. The topological polar surface area (TPSA) is 52.6 Å². The fourth-order valence-electron chi connectivity index (χ4n) is 2.27. The standard InChI is InChI=1S/C13H18N2O2/c1-4-15-11-9(8-16)6-5-7-10(11)14-13(2,3)12(15)17/h5-7,14,16H,4,8H2,1-3H3. The molecule has 4 nitrogen and oxygen atoms in total. The Hall–Kier alpha value is -1.55. The summed E-state index contributed by atoms with van der Waals surface area (Å²) in [5.74, 6) is 0.0356. The molecule has 1 heterocycles. The van der Waals surface area contributed by atoms with Gasteiger partial charge in [-0.3, -0.25) is 4.79 Å². The molecule has 1 aliphatic heterocycles. The summed E-state index contributed by atoms with van der Waals surface area (Å²) in [4.78, 5) is 14.0. The number of likely N-dealkylation sites (N-methyl/N-ethyl adjacent to an activating group) is 1. The Morgan fingerprint density at radius 1 is 1.41 bits per heavy atom. The molecular weight excluding hydrogens is 216 g/mol. The van der Waals surface area contributed by atoms with Gasteiger partial charge in [0.1, 0.15) is 5.54 Å². The molecular formula is C13H18N2O2. The van der Waals surface area contributed by atoms with Crippen LogP contribution in [0, 0.1) is 0 Å². The molecule has 1 aromatic rings. The zero-order chi connectivity index (χ0) is 12.6. The first kappa shape index (κ1) is 11.9. The van der Waals surface area contributed by atoms with Gasteiger partial charge in [-0.15, -0.1) is 0 Å². The summed E-state index contributed by atoms with van der Waals surface area (Å²) in [5, 5.41) is 12.6. The van der Waals surface area contributed by atoms with E-state index in [0.29, 0.717) is 6.54 Å². The van der Waals surface area contributed by atoms with Crippen molar-refractivity contribution in [2.24, 2.45) is 0 Å². The normalized spacial score (nSPS) is 17.6. The predicted octanol–water partition coefficient (Wildman–Crippen LogP) is 1.74. The number of carbonyl (C=O) groups excluding carboxylic acids is 1. The zero-order valence-electron chi connectivity index (χ0n) is 10.4. The van der Waals surface area contributed by atoms with Crippen LogP contribution in [0.1, 0.15) is 26.3 Å². The molecule has 0 saturated carbocycles.